The van der Waals surface area contributed by atoms with E-state index in [1.54, 1.807) is 41.3 Å². The summed E-state index contributed by atoms with van der Waals surface area (Å²) >= 11 is 0. The number of aromatic nitrogens is 2. The number of piperidine rings is 1. The number of nitrogens with zero attached hydrogens (tertiary/aromatic N) is 5. The summed E-state index contributed by atoms with van der Waals surface area (Å²) in [6.45, 7) is 3.85. The van der Waals surface area contributed by atoms with Crippen molar-refractivity contribution in [1.29, 1.82) is 0 Å². The van der Waals surface area contributed by atoms with Crippen molar-refractivity contribution in [2.75, 3.05) is 54.8 Å². The lowest BCUT2D eigenvalue weighted by Gasteiger charge is -2.43. The molecule has 2 atom stereocenters. The fraction of sp³-hybridized carbons (Fsp3) is 0.535. The van der Waals surface area contributed by atoms with Gasteiger partial charge in [0.2, 0.25) is 23.7 Å². The van der Waals surface area contributed by atoms with Gasteiger partial charge in [0.1, 0.15) is 17.6 Å². The zero-order valence-corrected chi connectivity index (χ0v) is 33.2. The number of likely N-dealkylation sites (tertiary alicyclic amines) is 1. The lowest BCUT2D eigenvalue weighted by molar-refractivity contribution is -0.133. The van der Waals surface area contributed by atoms with Crippen LogP contribution in [0.5, 0.6) is 0 Å². The molecule has 8 rings (SSSR count). The third-order valence-electron chi connectivity index (χ3n) is 12.8. The second-order valence-electron chi connectivity index (χ2n) is 16.7. The molecule has 3 aliphatic heterocycles. The number of β-amino-alcohol motifs (C(OH)–C–C–N with tert-alkyl or cyclic N) is 1. The van der Waals surface area contributed by atoms with Crippen LogP contribution in [-0.2, 0) is 14.4 Å². The van der Waals surface area contributed by atoms with E-state index in [2.05, 4.69) is 41.0 Å². The van der Waals surface area contributed by atoms with Gasteiger partial charge in [-0.2, -0.15) is 0 Å². The van der Waals surface area contributed by atoms with Gasteiger partial charge in [0.05, 0.1) is 18.0 Å². The van der Waals surface area contributed by atoms with E-state index in [0.717, 1.165) is 70.7 Å². The topological polar surface area (TPSA) is 172 Å². The molecule has 5 N–H and O–H groups in total. The molecule has 0 spiro atoms. The number of nitrogens with one attached hydrogen (secondary N) is 4. The summed E-state index contributed by atoms with van der Waals surface area (Å²) in [7, 11) is 0. The molecule has 4 heterocycles. The van der Waals surface area contributed by atoms with Gasteiger partial charge in [-0.1, -0.05) is 12.1 Å². The van der Waals surface area contributed by atoms with Gasteiger partial charge in [0.15, 0.2) is 5.82 Å². The number of rotatable bonds is 10. The first-order valence-corrected chi connectivity index (χ1v) is 21.1. The van der Waals surface area contributed by atoms with Crippen molar-refractivity contribution in [3.63, 3.8) is 0 Å². The van der Waals surface area contributed by atoms with E-state index >= 15 is 4.39 Å². The number of anilines is 3. The van der Waals surface area contributed by atoms with Crippen LogP contribution in [0.1, 0.15) is 81.0 Å². The molecule has 5 aliphatic rings. The van der Waals surface area contributed by atoms with Crippen LogP contribution in [0.25, 0.3) is 11.3 Å². The molecule has 4 amide bonds. The molecule has 0 radical (unpaired) electrons. The van der Waals surface area contributed by atoms with Crippen molar-refractivity contribution in [2.45, 2.75) is 101 Å². The Labute approximate surface area is 342 Å². The minimum atomic E-state index is -0.590. The van der Waals surface area contributed by atoms with Crippen molar-refractivity contribution in [3.05, 3.63) is 65.9 Å². The number of aliphatic hydroxyl groups is 1. The van der Waals surface area contributed by atoms with E-state index in [1.165, 1.54) is 6.07 Å². The van der Waals surface area contributed by atoms with Crippen LogP contribution in [0.2, 0.25) is 0 Å². The highest BCUT2D eigenvalue weighted by atomic mass is 19.1. The van der Waals surface area contributed by atoms with Gasteiger partial charge in [-0.25, -0.2) is 18.7 Å². The number of piperazine rings is 1. The predicted molar refractivity (Wildman–Crippen MR) is 217 cm³/mol. The first-order chi connectivity index (χ1) is 28.6. The van der Waals surface area contributed by atoms with Crippen molar-refractivity contribution in [1.82, 2.24) is 30.4 Å². The summed E-state index contributed by atoms with van der Waals surface area (Å²) in [5.41, 5.74) is 2.03. The number of amides is 4. The Bertz CT molecular complexity index is 2030. The molecule has 59 heavy (non-hydrogen) atoms. The standard InChI is InChI=1S/C43H53F2N9O5/c44-34-23-31(47-36-13-15-38(56)50-41(36)58)10-14-37(34)53-20-18-52(19-21-53)32-11-8-29(9-12-32)48-40(57)26-4-6-30(7-5-26)49-43-46-24-35(45)39(51-43)27-2-1-3-28(22-27)42(59)54-17-16-33(55)25-54/h1-3,10,14,22-24,26,29-30,32-33,36,47,55H,4-9,11-13,15-21,25H2,(H,48,57)(H,46,49,51)(H,50,56,58)/t26-,29-,30-,32-,33-,36?/m0/s1. The van der Waals surface area contributed by atoms with Crippen LogP contribution < -0.4 is 26.2 Å². The maximum absolute atomic E-state index is 15.2. The Kier molecular flexibility index (Phi) is 12.3. The Morgan fingerprint density at radius 1 is 0.814 bits per heavy atom. The SMILES string of the molecule is O=C1CCC(Nc2ccc(N3CCN([C@H]4CC[C@H](NC(=O)[C@H]5CC[C@H](Nc6ncc(F)c(-c7cccc(C(=O)N8CC[C@H](O)C8)c7)n6)CC5)CC4)CC3)c(F)c2)C(=O)N1. The van der Waals surface area contributed by atoms with E-state index in [0.29, 0.717) is 67.0 Å². The molecule has 14 nitrogen and oxygen atoms in total. The molecule has 16 heteroatoms. The van der Waals surface area contributed by atoms with Crippen molar-refractivity contribution < 1.29 is 33.1 Å². The van der Waals surface area contributed by atoms with E-state index in [1.807, 2.05) is 0 Å². The van der Waals surface area contributed by atoms with Crippen LogP contribution in [0, 0.1) is 17.6 Å². The molecule has 0 bridgehead atoms. The second kappa shape index (κ2) is 18.0. The summed E-state index contributed by atoms with van der Waals surface area (Å²) in [5.74, 6) is -1.48. The summed E-state index contributed by atoms with van der Waals surface area (Å²) in [5, 5.41) is 21.9. The zero-order chi connectivity index (χ0) is 41.0. The molecule has 3 saturated heterocycles. The van der Waals surface area contributed by atoms with E-state index in [9.17, 15) is 28.7 Å². The zero-order valence-electron chi connectivity index (χ0n) is 33.2. The molecule has 1 aromatic heterocycles. The largest absolute Gasteiger partial charge is 0.391 e. The van der Waals surface area contributed by atoms with Gasteiger partial charge in [-0.3, -0.25) is 29.4 Å². The average molecular weight is 814 g/mol. The molecule has 2 aliphatic carbocycles. The summed E-state index contributed by atoms with van der Waals surface area (Å²) < 4.78 is 30.2. The Hall–Kier alpha value is -5.22. The number of carbonyl (C=O) groups is 4. The number of hydrogen-bond acceptors (Lipinski definition) is 11. The maximum Gasteiger partial charge on any atom is 0.253 e. The first-order valence-electron chi connectivity index (χ1n) is 21.1. The lowest BCUT2D eigenvalue weighted by Crippen LogP contribution is -2.52. The first kappa shape index (κ1) is 40.6. The highest BCUT2D eigenvalue weighted by molar-refractivity contribution is 6.01. The summed E-state index contributed by atoms with van der Waals surface area (Å²) in [6, 6.07) is 11.7. The van der Waals surface area contributed by atoms with Crippen LogP contribution in [-0.4, -0.2) is 118 Å². The van der Waals surface area contributed by atoms with E-state index in [-0.39, 0.29) is 66.1 Å². The second-order valence-corrected chi connectivity index (χ2v) is 16.7. The van der Waals surface area contributed by atoms with Gasteiger partial charge in [0.25, 0.3) is 5.91 Å². The van der Waals surface area contributed by atoms with Crippen LogP contribution in [0.4, 0.5) is 26.1 Å². The Morgan fingerprint density at radius 2 is 1.58 bits per heavy atom. The predicted octanol–water partition coefficient (Wildman–Crippen LogP) is 4.07. The number of halogens is 2. The van der Waals surface area contributed by atoms with Gasteiger partial charge < -0.3 is 30.9 Å². The van der Waals surface area contributed by atoms with Crippen molar-refractivity contribution in [3.8, 4) is 11.3 Å². The van der Waals surface area contributed by atoms with Gasteiger partial charge in [0, 0.05) is 86.5 Å². The molecular weight excluding hydrogens is 761 g/mol. The third kappa shape index (κ3) is 9.65. The van der Waals surface area contributed by atoms with Crippen LogP contribution in [0.15, 0.2) is 48.7 Å². The number of hydrogen-bond donors (Lipinski definition) is 5. The molecule has 5 fully saturated rings. The molecular formula is C43H53F2N9O5. The number of aliphatic hydroxyl groups excluding tert-OH is 1. The van der Waals surface area contributed by atoms with Crippen LogP contribution in [0.3, 0.4) is 0 Å². The quantitative estimate of drug-likeness (QED) is 0.187. The fourth-order valence-corrected chi connectivity index (χ4v) is 9.35. The average Bonchev–Trinajstić information content (AvgIpc) is 3.69. The normalized spacial score (nSPS) is 26.6. The third-order valence-corrected chi connectivity index (χ3v) is 12.8. The van der Waals surface area contributed by atoms with Crippen molar-refractivity contribution in [2.24, 2.45) is 5.92 Å². The molecule has 2 aromatic carbocycles. The summed E-state index contributed by atoms with van der Waals surface area (Å²) in [6.07, 6.45) is 8.59. The monoisotopic (exact) mass is 813 g/mol. The smallest absolute Gasteiger partial charge is 0.253 e. The van der Waals surface area contributed by atoms with Crippen LogP contribution >= 0.6 is 0 Å². The van der Waals surface area contributed by atoms with Crippen molar-refractivity contribution >= 4 is 41.0 Å². The lowest BCUT2D eigenvalue weighted by atomic mass is 9.84. The number of imide groups is 1. The van der Waals surface area contributed by atoms with E-state index in [4.69, 9.17) is 0 Å². The fourth-order valence-electron chi connectivity index (χ4n) is 9.35. The summed E-state index contributed by atoms with van der Waals surface area (Å²) in [4.78, 5) is 64.7. The number of carbonyl (C=O) groups excluding carboxylic acids is 4. The molecule has 2 saturated carbocycles. The van der Waals surface area contributed by atoms with Gasteiger partial charge >= 0.3 is 0 Å². The maximum atomic E-state index is 15.2. The van der Waals surface area contributed by atoms with E-state index < -0.39 is 18.0 Å². The molecule has 314 valence electrons. The minimum absolute atomic E-state index is 0.0422. The molecule has 1 unspecified atom stereocenters. The molecule has 3 aromatic rings. The number of benzene rings is 2. The Morgan fingerprint density at radius 3 is 2.29 bits per heavy atom. The highest BCUT2D eigenvalue weighted by Crippen LogP contribution is 2.31. The van der Waals surface area contributed by atoms with Gasteiger partial charge in [-0.15, -0.1) is 0 Å². The minimum Gasteiger partial charge on any atom is -0.391 e. The highest BCUT2D eigenvalue weighted by Gasteiger charge is 2.33. The van der Waals surface area contributed by atoms with Gasteiger partial charge in [-0.05, 0) is 94.5 Å². The Balaban J connectivity index is 0.752.